The third kappa shape index (κ3) is 3.43. The highest BCUT2D eigenvalue weighted by molar-refractivity contribution is 5.89. The van der Waals surface area contributed by atoms with Crippen LogP contribution in [0.1, 0.15) is 19.8 Å². The van der Waals surface area contributed by atoms with Crippen molar-refractivity contribution >= 4 is 11.7 Å². The summed E-state index contributed by atoms with van der Waals surface area (Å²) in [5, 5.41) is 8.71. The number of urea groups is 1. The van der Waals surface area contributed by atoms with Gasteiger partial charge in [0.1, 0.15) is 5.82 Å². The molecule has 1 aromatic carbocycles. The maximum Gasteiger partial charge on any atom is 0.319 e. The van der Waals surface area contributed by atoms with Crippen molar-refractivity contribution in [3.8, 4) is 0 Å². The van der Waals surface area contributed by atoms with Gasteiger partial charge < -0.3 is 16.0 Å². The SMILES string of the molecule is CC1CC(NC(=O)Nc2ccccc2F)CCN1. The van der Waals surface area contributed by atoms with Crippen molar-refractivity contribution in [1.29, 1.82) is 0 Å². The first-order valence-electron chi connectivity index (χ1n) is 6.20. The molecule has 2 amide bonds. The molecule has 1 heterocycles. The highest BCUT2D eigenvalue weighted by Crippen LogP contribution is 2.13. The molecule has 0 bridgehead atoms. The van der Waals surface area contributed by atoms with Gasteiger partial charge in [-0.05, 0) is 38.4 Å². The molecule has 2 atom stereocenters. The number of hydrogen-bond donors (Lipinski definition) is 3. The zero-order valence-corrected chi connectivity index (χ0v) is 10.4. The number of hydrogen-bond acceptors (Lipinski definition) is 2. The Morgan fingerprint density at radius 2 is 2.22 bits per heavy atom. The topological polar surface area (TPSA) is 53.2 Å². The minimum Gasteiger partial charge on any atom is -0.335 e. The lowest BCUT2D eigenvalue weighted by Gasteiger charge is -2.28. The number of anilines is 1. The number of para-hydroxylation sites is 1. The summed E-state index contributed by atoms with van der Waals surface area (Å²) in [6.45, 7) is 2.98. The van der Waals surface area contributed by atoms with Gasteiger partial charge in [0.2, 0.25) is 0 Å². The number of halogens is 1. The fraction of sp³-hybridized carbons (Fsp3) is 0.462. The van der Waals surface area contributed by atoms with E-state index in [1.165, 1.54) is 6.07 Å². The molecule has 5 heteroatoms. The minimum absolute atomic E-state index is 0.146. The summed E-state index contributed by atoms with van der Waals surface area (Å²) in [7, 11) is 0. The molecule has 0 spiro atoms. The van der Waals surface area contributed by atoms with E-state index >= 15 is 0 Å². The quantitative estimate of drug-likeness (QED) is 0.754. The van der Waals surface area contributed by atoms with Crippen LogP contribution in [-0.2, 0) is 0 Å². The predicted octanol–water partition coefficient (Wildman–Crippen LogP) is 2.09. The van der Waals surface area contributed by atoms with Gasteiger partial charge in [-0.25, -0.2) is 9.18 Å². The Bertz CT molecular complexity index is 424. The highest BCUT2D eigenvalue weighted by Gasteiger charge is 2.20. The summed E-state index contributed by atoms with van der Waals surface area (Å²) >= 11 is 0. The molecule has 1 saturated heterocycles. The van der Waals surface area contributed by atoms with Crippen LogP contribution in [0.3, 0.4) is 0 Å². The Balaban J connectivity index is 1.87. The number of carbonyl (C=O) groups is 1. The Kier molecular flexibility index (Phi) is 4.15. The van der Waals surface area contributed by atoms with Crippen molar-refractivity contribution < 1.29 is 9.18 Å². The molecule has 0 aromatic heterocycles. The Labute approximate surface area is 106 Å². The Morgan fingerprint density at radius 3 is 2.94 bits per heavy atom. The first-order valence-corrected chi connectivity index (χ1v) is 6.20. The lowest BCUT2D eigenvalue weighted by molar-refractivity contribution is 0.242. The second kappa shape index (κ2) is 5.82. The second-order valence-electron chi connectivity index (χ2n) is 4.65. The number of benzene rings is 1. The molecule has 2 unspecified atom stereocenters. The number of nitrogens with one attached hydrogen (secondary N) is 3. The molecule has 0 radical (unpaired) electrons. The van der Waals surface area contributed by atoms with Crippen molar-refractivity contribution in [2.24, 2.45) is 0 Å². The third-order valence-corrected chi connectivity index (χ3v) is 3.08. The molecule has 18 heavy (non-hydrogen) atoms. The van der Waals surface area contributed by atoms with Crippen molar-refractivity contribution in [2.75, 3.05) is 11.9 Å². The van der Waals surface area contributed by atoms with Crippen LogP contribution in [0.15, 0.2) is 24.3 Å². The van der Waals surface area contributed by atoms with Crippen LogP contribution in [0, 0.1) is 5.82 Å². The van der Waals surface area contributed by atoms with Crippen molar-refractivity contribution in [3.63, 3.8) is 0 Å². The van der Waals surface area contributed by atoms with Crippen LogP contribution in [0.2, 0.25) is 0 Å². The summed E-state index contributed by atoms with van der Waals surface area (Å²) < 4.78 is 13.3. The zero-order chi connectivity index (χ0) is 13.0. The lowest BCUT2D eigenvalue weighted by Crippen LogP contribution is -2.47. The number of amides is 2. The predicted molar refractivity (Wildman–Crippen MR) is 69.0 cm³/mol. The highest BCUT2D eigenvalue weighted by atomic mass is 19.1. The van der Waals surface area contributed by atoms with E-state index in [-0.39, 0.29) is 17.8 Å². The minimum atomic E-state index is -0.425. The standard InChI is InChI=1S/C13H18FN3O/c1-9-8-10(6-7-15-9)16-13(18)17-12-5-3-2-4-11(12)14/h2-5,9-10,15H,6-8H2,1H3,(H2,16,17,18). The zero-order valence-electron chi connectivity index (χ0n) is 10.4. The van der Waals surface area contributed by atoms with Crippen molar-refractivity contribution in [1.82, 2.24) is 10.6 Å². The van der Waals surface area contributed by atoms with E-state index in [2.05, 4.69) is 22.9 Å². The normalized spacial score (nSPS) is 23.4. The molecule has 1 aliphatic rings. The van der Waals surface area contributed by atoms with E-state index in [1.807, 2.05) is 0 Å². The number of piperidine rings is 1. The van der Waals surface area contributed by atoms with E-state index in [1.54, 1.807) is 18.2 Å². The van der Waals surface area contributed by atoms with E-state index in [4.69, 9.17) is 0 Å². The molecule has 3 N–H and O–H groups in total. The van der Waals surface area contributed by atoms with E-state index in [0.717, 1.165) is 19.4 Å². The molecular weight excluding hydrogens is 233 g/mol. The third-order valence-electron chi connectivity index (χ3n) is 3.08. The fourth-order valence-electron chi connectivity index (χ4n) is 2.17. The van der Waals surface area contributed by atoms with Gasteiger partial charge in [-0.15, -0.1) is 0 Å². The summed E-state index contributed by atoms with van der Waals surface area (Å²) in [6.07, 6.45) is 1.79. The molecule has 0 aliphatic carbocycles. The summed E-state index contributed by atoms with van der Waals surface area (Å²) in [4.78, 5) is 11.7. The second-order valence-corrected chi connectivity index (χ2v) is 4.65. The van der Waals surface area contributed by atoms with Crippen LogP contribution in [0.25, 0.3) is 0 Å². The first kappa shape index (κ1) is 12.8. The summed E-state index contributed by atoms with van der Waals surface area (Å²) in [5.74, 6) is -0.425. The summed E-state index contributed by atoms with van der Waals surface area (Å²) in [5.41, 5.74) is 0.206. The summed E-state index contributed by atoms with van der Waals surface area (Å²) in [6, 6.07) is 6.34. The smallest absolute Gasteiger partial charge is 0.319 e. The average molecular weight is 251 g/mol. The maximum atomic E-state index is 13.3. The largest absolute Gasteiger partial charge is 0.335 e. The monoisotopic (exact) mass is 251 g/mol. The van der Waals surface area contributed by atoms with Gasteiger partial charge in [0.05, 0.1) is 5.69 Å². The van der Waals surface area contributed by atoms with Crippen LogP contribution < -0.4 is 16.0 Å². The van der Waals surface area contributed by atoms with Gasteiger partial charge in [-0.1, -0.05) is 12.1 Å². The van der Waals surface area contributed by atoms with Gasteiger partial charge in [0.15, 0.2) is 0 Å². The fourth-order valence-corrected chi connectivity index (χ4v) is 2.17. The van der Waals surface area contributed by atoms with Gasteiger partial charge in [0, 0.05) is 12.1 Å². The Morgan fingerprint density at radius 1 is 1.44 bits per heavy atom. The average Bonchev–Trinajstić information content (AvgIpc) is 2.32. The van der Waals surface area contributed by atoms with Crippen molar-refractivity contribution in [2.45, 2.75) is 31.8 Å². The molecule has 2 rings (SSSR count). The van der Waals surface area contributed by atoms with Gasteiger partial charge >= 0.3 is 6.03 Å². The number of rotatable bonds is 2. The lowest BCUT2D eigenvalue weighted by atomic mass is 10.0. The molecule has 1 aliphatic heterocycles. The molecule has 1 aromatic rings. The van der Waals surface area contributed by atoms with Gasteiger partial charge in [-0.3, -0.25) is 0 Å². The van der Waals surface area contributed by atoms with Crippen molar-refractivity contribution in [3.05, 3.63) is 30.1 Å². The van der Waals surface area contributed by atoms with Gasteiger partial charge in [0.25, 0.3) is 0 Å². The van der Waals surface area contributed by atoms with Crippen LogP contribution >= 0.6 is 0 Å². The first-order chi connectivity index (χ1) is 8.65. The van der Waals surface area contributed by atoms with E-state index in [0.29, 0.717) is 6.04 Å². The van der Waals surface area contributed by atoms with E-state index < -0.39 is 5.82 Å². The van der Waals surface area contributed by atoms with Crippen LogP contribution in [0.4, 0.5) is 14.9 Å². The van der Waals surface area contributed by atoms with Gasteiger partial charge in [-0.2, -0.15) is 0 Å². The van der Waals surface area contributed by atoms with E-state index in [9.17, 15) is 9.18 Å². The molecule has 0 saturated carbocycles. The molecule has 98 valence electrons. The Hall–Kier alpha value is -1.62. The maximum absolute atomic E-state index is 13.3. The van der Waals surface area contributed by atoms with Crippen LogP contribution in [-0.4, -0.2) is 24.7 Å². The molecule has 4 nitrogen and oxygen atoms in total. The molecule has 1 fully saturated rings. The van der Waals surface area contributed by atoms with Crippen LogP contribution in [0.5, 0.6) is 0 Å². The molecular formula is C13H18FN3O. The number of carbonyl (C=O) groups excluding carboxylic acids is 1.